The van der Waals surface area contributed by atoms with Gasteiger partial charge in [0.2, 0.25) is 0 Å². The van der Waals surface area contributed by atoms with Crippen molar-refractivity contribution in [3.63, 3.8) is 0 Å². The quantitative estimate of drug-likeness (QED) is 0.119. The van der Waals surface area contributed by atoms with E-state index in [9.17, 15) is 0 Å². The van der Waals surface area contributed by atoms with Crippen molar-refractivity contribution in [3.05, 3.63) is 25.0 Å². The van der Waals surface area contributed by atoms with Crippen molar-refractivity contribution < 1.29 is 4.74 Å². The fourth-order valence-corrected chi connectivity index (χ4v) is 3.27. The molecule has 2 nitrogen and oxygen atoms in total. The van der Waals surface area contributed by atoms with Crippen LogP contribution < -0.4 is 0 Å². The number of hydrogen-bond donors (Lipinski definition) is 0. The monoisotopic (exact) mass is 365 g/mol. The molecule has 0 aromatic rings. The van der Waals surface area contributed by atoms with Crippen molar-refractivity contribution in [3.8, 4) is 0 Å². The van der Waals surface area contributed by atoms with E-state index in [1.807, 2.05) is 0 Å². The summed E-state index contributed by atoms with van der Waals surface area (Å²) in [7, 11) is 0. The van der Waals surface area contributed by atoms with Gasteiger partial charge in [0.15, 0.2) is 0 Å². The molecule has 0 radical (unpaired) electrons. The van der Waals surface area contributed by atoms with Crippen LogP contribution >= 0.6 is 0 Å². The summed E-state index contributed by atoms with van der Waals surface area (Å²) < 4.78 is 5.51. The lowest BCUT2D eigenvalue weighted by Crippen LogP contribution is -2.27. The number of unbranched alkanes of at least 4 members (excludes halogenated alkanes) is 11. The Hall–Kier alpha value is -0.760. The minimum Gasteiger partial charge on any atom is -0.494 e. The Labute approximate surface area is 165 Å². The van der Waals surface area contributed by atoms with Crippen LogP contribution in [0.1, 0.15) is 104 Å². The van der Waals surface area contributed by atoms with Gasteiger partial charge in [-0.3, -0.25) is 0 Å². The summed E-state index contributed by atoms with van der Waals surface area (Å²) >= 11 is 0. The number of allylic oxidation sites excluding steroid dienone is 1. The van der Waals surface area contributed by atoms with Gasteiger partial charge in [0, 0.05) is 0 Å². The molecule has 0 aromatic heterocycles. The fourth-order valence-electron chi connectivity index (χ4n) is 3.27. The van der Waals surface area contributed by atoms with Crippen molar-refractivity contribution in [2.75, 3.05) is 26.2 Å². The van der Waals surface area contributed by atoms with Crippen molar-refractivity contribution in [2.24, 2.45) is 0 Å². The van der Waals surface area contributed by atoms with Gasteiger partial charge in [0.25, 0.3) is 0 Å². The SMILES string of the molecule is C=CC(=C)OCCCCN(CCCCCCCC)CCCCCCCC. The first-order valence-corrected chi connectivity index (χ1v) is 11.4. The third-order valence-electron chi connectivity index (χ3n) is 5.04. The number of hydrogen-bond acceptors (Lipinski definition) is 2. The molecule has 26 heavy (non-hydrogen) atoms. The van der Waals surface area contributed by atoms with E-state index in [2.05, 4.69) is 31.9 Å². The molecule has 0 aliphatic heterocycles. The summed E-state index contributed by atoms with van der Waals surface area (Å²) in [6, 6.07) is 0. The van der Waals surface area contributed by atoms with Crippen molar-refractivity contribution in [1.82, 2.24) is 4.90 Å². The van der Waals surface area contributed by atoms with Crippen LogP contribution in [0.4, 0.5) is 0 Å². The molecule has 0 saturated heterocycles. The summed E-state index contributed by atoms with van der Waals surface area (Å²) in [6.07, 6.45) is 20.7. The first kappa shape index (κ1) is 25.2. The smallest absolute Gasteiger partial charge is 0.111 e. The van der Waals surface area contributed by atoms with Gasteiger partial charge in [-0.05, 0) is 51.4 Å². The van der Waals surface area contributed by atoms with E-state index < -0.39 is 0 Å². The predicted molar refractivity (Wildman–Crippen MR) is 118 cm³/mol. The van der Waals surface area contributed by atoms with Crippen LogP contribution in [0.3, 0.4) is 0 Å². The van der Waals surface area contributed by atoms with Crippen LogP contribution in [0, 0.1) is 0 Å². The highest BCUT2D eigenvalue weighted by Crippen LogP contribution is 2.10. The van der Waals surface area contributed by atoms with Crippen LogP contribution in [0.2, 0.25) is 0 Å². The highest BCUT2D eigenvalue weighted by molar-refractivity contribution is 5.01. The lowest BCUT2D eigenvalue weighted by Gasteiger charge is -2.22. The van der Waals surface area contributed by atoms with E-state index >= 15 is 0 Å². The van der Waals surface area contributed by atoms with Gasteiger partial charge in [-0.25, -0.2) is 0 Å². The Balaban J connectivity index is 3.87. The van der Waals surface area contributed by atoms with Gasteiger partial charge in [0.05, 0.1) is 6.61 Å². The summed E-state index contributed by atoms with van der Waals surface area (Å²) in [5.41, 5.74) is 0. The molecule has 0 aromatic carbocycles. The molecule has 0 aliphatic carbocycles. The van der Waals surface area contributed by atoms with Gasteiger partial charge >= 0.3 is 0 Å². The van der Waals surface area contributed by atoms with E-state index in [-0.39, 0.29) is 0 Å². The molecule has 2 heteroatoms. The summed E-state index contributed by atoms with van der Waals surface area (Å²) in [5, 5.41) is 0. The molecule has 154 valence electrons. The van der Waals surface area contributed by atoms with Crippen LogP contribution in [-0.4, -0.2) is 31.1 Å². The fraction of sp³-hybridized carbons (Fsp3) is 0.833. The van der Waals surface area contributed by atoms with Gasteiger partial charge < -0.3 is 9.64 Å². The van der Waals surface area contributed by atoms with Gasteiger partial charge in [-0.1, -0.05) is 91.2 Å². The van der Waals surface area contributed by atoms with E-state index in [4.69, 9.17) is 4.74 Å². The molecular weight excluding hydrogens is 318 g/mol. The van der Waals surface area contributed by atoms with Crippen molar-refractivity contribution in [1.29, 1.82) is 0 Å². The van der Waals surface area contributed by atoms with E-state index in [1.165, 1.54) is 103 Å². The molecular formula is C24H47NO. The number of nitrogens with zero attached hydrogens (tertiary/aromatic N) is 1. The predicted octanol–water partition coefficient (Wildman–Crippen LogP) is 7.51. The molecule has 0 rings (SSSR count). The van der Waals surface area contributed by atoms with Crippen molar-refractivity contribution >= 4 is 0 Å². The van der Waals surface area contributed by atoms with Gasteiger partial charge in [-0.15, -0.1) is 0 Å². The molecule has 0 unspecified atom stereocenters. The van der Waals surface area contributed by atoms with Gasteiger partial charge in [-0.2, -0.15) is 0 Å². The largest absolute Gasteiger partial charge is 0.494 e. The Morgan fingerprint density at radius 1 is 0.692 bits per heavy atom. The van der Waals surface area contributed by atoms with E-state index in [0.717, 1.165) is 13.0 Å². The van der Waals surface area contributed by atoms with Crippen molar-refractivity contribution in [2.45, 2.75) is 104 Å². The maximum Gasteiger partial charge on any atom is 0.111 e. The molecule has 0 fully saturated rings. The standard InChI is InChI=1S/C24H47NO/c1-5-8-10-12-14-16-20-25(21-17-15-13-11-9-6-2)22-18-19-23-26-24(4)7-3/h7H,3-6,8-23H2,1-2H3. The average molecular weight is 366 g/mol. The minimum atomic E-state index is 0.695. The number of rotatable bonds is 21. The molecule has 0 amide bonds. The maximum atomic E-state index is 5.51. The van der Waals surface area contributed by atoms with Crippen LogP contribution in [0.5, 0.6) is 0 Å². The Morgan fingerprint density at radius 3 is 1.58 bits per heavy atom. The molecule has 0 heterocycles. The third kappa shape index (κ3) is 18.0. The van der Waals surface area contributed by atoms with Crippen LogP contribution in [0.15, 0.2) is 25.0 Å². The third-order valence-corrected chi connectivity index (χ3v) is 5.04. The normalized spacial score (nSPS) is 11.0. The lowest BCUT2D eigenvalue weighted by molar-refractivity contribution is 0.203. The summed E-state index contributed by atoms with van der Waals surface area (Å²) in [6.45, 7) is 16.6. The lowest BCUT2D eigenvalue weighted by atomic mass is 10.1. The zero-order valence-corrected chi connectivity index (χ0v) is 18.1. The molecule has 0 atom stereocenters. The Bertz CT molecular complexity index is 297. The highest BCUT2D eigenvalue weighted by Gasteiger charge is 2.05. The molecule has 0 bridgehead atoms. The second-order valence-corrected chi connectivity index (χ2v) is 7.60. The zero-order valence-electron chi connectivity index (χ0n) is 18.1. The summed E-state index contributed by atoms with van der Waals surface area (Å²) in [4.78, 5) is 2.70. The topological polar surface area (TPSA) is 12.5 Å². The first-order valence-electron chi connectivity index (χ1n) is 11.4. The maximum absolute atomic E-state index is 5.51. The van der Waals surface area contributed by atoms with Crippen LogP contribution in [-0.2, 0) is 4.74 Å². The second kappa shape index (κ2) is 20.6. The Morgan fingerprint density at radius 2 is 1.12 bits per heavy atom. The van der Waals surface area contributed by atoms with E-state index in [0.29, 0.717) is 5.76 Å². The molecule has 0 aliphatic rings. The highest BCUT2D eigenvalue weighted by atomic mass is 16.5. The first-order chi connectivity index (χ1) is 12.7. The van der Waals surface area contributed by atoms with Gasteiger partial charge in [0.1, 0.15) is 5.76 Å². The molecule has 0 N–H and O–H groups in total. The molecule has 0 spiro atoms. The average Bonchev–Trinajstić information content (AvgIpc) is 2.65. The second-order valence-electron chi connectivity index (χ2n) is 7.60. The Kier molecular flexibility index (Phi) is 19.9. The number of ether oxygens (including phenoxy) is 1. The zero-order chi connectivity index (χ0) is 19.3. The van der Waals surface area contributed by atoms with Crippen LogP contribution in [0.25, 0.3) is 0 Å². The molecule has 0 saturated carbocycles. The summed E-state index contributed by atoms with van der Waals surface area (Å²) in [5.74, 6) is 0.695. The minimum absolute atomic E-state index is 0.695. The van der Waals surface area contributed by atoms with E-state index in [1.54, 1.807) is 6.08 Å².